The lowest BCUT2D eigenvalue weighted by molar-refractivity contribution is -0.122. The molecular formula is C19H23N3O5. The molecule has 2 heterocycles. The van der Waals surface area contributed by atoms with E-state index in [2.05, 4.69) is 4.98 Å². The van der Waals surface area contributed by atoms with E-state index < -0.39 is 18.2 Å². The highest BCUT2D eigenvalue weighted by atomic mass is 16.6. The molecule has 8 heteroatoms. The fourth-order valence-electron chi connectivity index (χ4n) is 3.42. The molecule has 1 aliphatic rings. The number of likely N-dealkylation sites (tertiary alicyclic amines) is 1. The number of aliphatic hydroxyl groups is 1. The minimum atomic E-state index is -0.793. The van der Waals surface area contributed by atoms with Crippen molar-refractivity contribution in [2.24, 2.45) is 0 Å². The van der Waals surface area contributed by atoms with Crippen LogP contribution < -0.4 is 5.56 Å². The number of para-hydroxylation sites is 1. The average molecular weight is 373 g/mol. The fraction of sp³-hybridized carbons (Fsp3) is 0.474. The molecule has 144 valence electrons. The van der Waals surface area contributed by atoms with Crippen LogP contribution in [-0.2, 0) is 16.1 Å². The van der Waals surface area contributed by atoms with Crippen molar-refractivity contribution in [3.63, 3.8) is 0 Å². The van der Waals surface area contributed by atoms with Crippen LogP contribution in [-0.4, -0.2) is 56.7 Å². The van der Waals surface area contributed by atoms with Gasteiger partial charge in [0.1, 0.15) is 0 Å². The number of ketones is 1. The summed E-state index contributed by atoms with van der Waals surface area (Å²) in [4.78, 5) is 42.8. The number of hydrogen-bond donors (Lipinski definition) is 1. The largest absolute Gasteiger partial charge is 0.450 e. The van der Waals surface area contributed by atoms with Crippen LogP contribution in [0.3, 0.4) is 0 Å². The first kappa shape index (κ1) is 19.0. The molecule has 0 bridgehead atoms. The number of carbonyl (C=O) groups is 2. The van der Waals surface area contributed by atoms with Crippen LogP contribution in [0.5, 0.6) is 0 Å². The van der Waals surface area contributed by atoms with E-state index in [0.29, 0.717) is 30.3 Å². The van der Waals surface area contributed by atoms with Crippen LogP contribution in [0.25, 0.3) is 10.9 Å². The third kappa shape index (κ3) is 4.16. The number of piperidine rings is 1. The summed E-state index contributed by atoms with van der Waals surface area (Å²) in [5.74, 6) is -0.255. The highest BCUT2D eigenvalue weighted by Crippen LogP contribution is 2.22. The summed E-state index contributed by atoms with van der Waals surface area (Å²) in [5.41, 5.74) is 0.280. The molecule has 1 N–H and O–H groups in total. The first-order valence-electron chi connectivity index (χ1n) is 9.08. The Labute approximate surface area is 156 Å². The lowest BCUT2D eigenvalue weighted by atomic mass is 9.95. The molecule has 2 atom stereocenters. The zero-order valence-electron chi connectivity index (χ0n) is 15.2. The number of hydrogen-bond acceptors (Lipinski definition) is 6. The van der Waals surface area contributed by atoms with E-state index in [1.54, 1.807) is 31.2 Å². The Morgan fingerprint density at radius 1 is 1.33 bits per heavy atom. The number of ether oxygens (including phenoxy) is 1. The maximum atomic E-state index is 12.6. The van der Waals surface area contributed by atoms with Gasteiger partial charge in [0.2, 0.25) is 0 Å². The van der Waals surface area contributed by atoms with Gasteiger partial charge in [0.15, 0.2) is 5.78 Å². The zero-order valence-corrected chi connectivity index (χ0v) is 15.2. The monoisotopic (exact) mass is 373 g/mol. The van der Waals surface area contributed by atoms with Crippen molar-refractivity contribution >= 4 is 22.8 Å². The Kier molecular flexibility index (Phi) is 5.85. The van der Waals surface area contributed by atoms with Crippen molar-refractivity contribution in [3.8, 4) is 0 Å². The van der Waals surface area contributed by atoms with Crippen LogP contribution >= 0.6 is 0 Å². The molecule has 1 unspecified atom stereocenters. The van der Waals surface area contributed by atoms with Crippen LogP contribution in [0.1, 0.15) is 26.2 Å². The molecule has 1 aromatic heterocycles. The zero-order chi connectivity index (χ0) is 19.4. The third-order valence-electron chi connectivity index (χ3n) is 4.76. The van der Waals surface area contributed by atoms with Crippen LogP contribution in [0.15, 0.2) is 35.4 Å². The minimum absolute atomic E-state index is 0.0424. The van der Waals surface area contributed by atoms with E-state index >= 15 is 0 Å². The van der Waals surface area contributed by atoms with E-state index in [9.17, 15) is 19.5 Å². The maximum absolute atomic E-state index is 12.6. The number of Topliss-reactive ketones (excluding diaryl/α,β-unsaturated/α-hetero) is 1. The molecule has 27 heavy (non-hydrogen) atoms. The fourth-order valence-corrected chi connectivity index (χ4v) is 3.42. The van der Waals surface area contributed by atoms with E-state index in [-0.39, 0.29) is 30.9 Å². The third-order valence-corrected chi connectivity index (χ3v) is 4.76. The average Bonchev–Trinajstić information content (AvgIpc) is 2.66. The van der Waals surface area contributed by atoms with Crippen molar-refractivity contribution in [2.45, 2.75) is 44.9 Å². The number of aliphatic hydroxyl groups excluding tert-OH is 1. The molecule has 0 radical (unpaired) electrons. The first-order valence-corrected chi connectivity index (χ1v) is 9.08. The standard InChI is InChI=1S/C19H23N3O5/c1-2-27-19(26)22-9-5-8-17(24)16(22)10-13(23)11-21-12-20-15-7-4-3-6-14(15)18(21)25/h3-4,6-7,12,16-17,24H,2,5,8-11H2,1H3/t16?,17-/m0/s1. The Morgan fingerprint density at radius 3 is 2.89 bits per heavy atom. The Bertz CT molecular complexity index is 894. The molecule has 8 nitrogen and oxygen atoms in total. The highest BCUT2D eigenvalue weighted by molar-refractivity contribution is 5.81. The van der Waals surface area contributed by atoms with Crippen molar-refractivity contribution in [1.82, 2.24) is 14.5 Å². The Morgan fingerprint density at radius 2 is 2.11 bits per heavy atom. The summed E-state index contributed by atoms with van der Waals surface area (Å²) in [6.07, 6.45) is 1.16. The molecule has 2 aromatic rings. The second kappa shape index (κ2) is 8.30. The van der Waals surface area contributed by atoms with Gasteiger partial charge in [-0.25, -0.2) is 9.78 Å². The maximum Gasteiger partial charge on any atom is 0.410 e. The van der Waals surface area contributed by atoms with Crippen LogP contribution in [0.2, 0.25) is 0 Å². The van der Waals surface area contributed by atoms with Gasteiger partial charge in [-0.15, -0.1) is 0 Å². The van der Waals surface area contributed by atoms with E-state index in [4.69, 9.17) is 4.74 Å². The highest BCUT2D eigenvalue weighted by Gasteiger charge is 2.35. The van der Waals surface area contributed by atoms with Gasteiger partial charge in [-0.3, -0.25) is 14.2 Å². The second-order valence-electron chi connectivity index (χ2n) is 6.61. The molecule has 1 fully saturated rings. The quantitative estimate of drug-likeness (QED) is 0.849. The molecule has 3 rings (SSSR count). The SMILES string of the molecule is CCOC(=O)N1CCC[C@H](O)C1CC(=O)Cn1cnc2ccccc2c1=O. The second-order valence-corrected chi connectivity index (χ2v) is 6.61. The first-order chi connectivity index (χ1) is 13.0. The number of benzene rings is 1. The molecule has 1 amide bonds. The van der Waals surface area contributed by atoms with Gasteiger partial charge in [-0.1, -0.05) is 12.1 Å². The lowest BCUT2D eigenvalue weighted by Crippen LogP contribution is -2.52. The number of aromatic nitrogens is 2. The molecule has 0 saturated carbocycles. The summed E-state index contributed by atoms with van der Waals surface area (Å²) >= 11 is 0. The topological polar surface area (TPSA) is 102 Å². The predicted molar refractivity (Wildman–Crippen MR) is 98.4 cm³/mol. The number of fused-ring (bicyclic) bond motifs is 1. The summed E-state index contributed by atoms with van der Waals surface area (Å²) in [6, 6.07) is 6.29. The van der Waals surface area contributed by atoms with Gasteiger partial charge < -0.3 is 14.7 Å². The molecule has 1 aromatic carbocycles. The molecule has 0 spiro atoms. The van der Waals surface area contributed by atoms with Gasteiger partial charge in [0.05, 0.1) is 42.5 Å². The van der Waals surface area contributed by atoms with Crippen LogP contribution in [0, 0.1) is 0 Å². The number of carbonyl (C=O) groups excluding carboxylic acids is 2. The number of rotatable bonds is 5. The molecule has 1 aliphatic heterocycles. The van der Waals surface area contributed by atoms with E-state index in [1.165, 1.54) is 15.8 Å². The Balaban J connectivity index is 1.75. The van der Waals surface area contributed by atoms with Crippen LogP contribution in [0.4, 0.5) is 4.79 Å². The minimum Gasteiger partial charge on any atom is -0.450 e. The summed E-state index contributed by atoms with van der Waals surface area (Å²) in [7, 11) is 0. The van der Waals surface area contributed by atoms with Gasteiger partial charge in [-0.05, 0) is 31.9 Å². The van der Waals surface area contributed by atoms with Gasteiger partial charge in [0, 0.05) is 13.0 Å². The van der Waals surface area contributed by atoms with Gasteiger partial charge in [0.25, 0.3) is 5.56 Å². The number of amides is 1. The van der Waals surface area contributed by atoms with Crippen molar-refractivity contribution in [2.75, 3.05) is 13.2 Å². The molecular weight excluding hydrogens is 350 g/mol. The summed E-state index contributed by atoms with van der Waals surface area (Å²) in [6.45, 7) is 2.21. The lowest BCUT2D eigenvalue weighted by Gasteiger charge is -2.37. The normalized spacial score (nSPS) is 19.9. The van der Waals surface area contributed by atoms with Gasteiger partial charge in [-0.2, -0.15) is 0 Å². The Hall–Kier alpha value is -2.74. The van der Waals surface area contributed by atoms with E-state index in [0.717, 1.165) is 0 Å². The molecule has 1 saturated heterocycles. The van der Waals surface area contributed by atoms with Crippen molar-refractivity contribution in [3.05, 3.63) is 40.9 Å². The van der Waals surface area contributed by atoms with Crippen molar-refractivity contribution < 1.29 is 19.4 Å². The van der Waals surface area contributed by atoms with Crippen molar-refractivity contribution in [1.29, 1.82) is 0 Å². The summed E-state index contributed by atoms with van der Waals surface area (Å²) in [5, 5.41) is 10.7. The summed E-state index contributed by atoms with van der Waals surface area (Å²) < 4.78 is 6.28. The predicted octanol–water partition coefficient (Wildman–Crippen LogP) is 1.34. The van der Waals surface area contributed by atoms with Gasteiger partial charge >= 0.3 is 6.09 Å². The van der Waals surface area contributed by atoms with E-state index in [1.807, 2.05) is 0 Å². The number of nitrogens with zero attached hydrogens (tertiary/aromatic N) is 3. The smallest absolute Gasteiger partial charge is 0.410 e. The molecule has 0 aliphatic carbocycles.